The van der Waals surface area contributed by atoms with Gasteiger partial charge in [0.15, 0.2) is 5.82 Å². The molecule has 31 heavy (non-hydrogen) atoms. The van der Waals surface area contributed by atoms with Gasteiger partial charge < -0.3 is 19.1 Å². The number of piperazine rings is 1. The highest BCUT2D eigenvalue weighted by Crippen LogP contribution is 2.43. The summed E-state index contributed by atoms with van der Waals surface area (Å²) >= 11 is 0. The molecule has 2 fully saturated rings. The number of hydrogen-bond acceptors (Lipinski definition) is 7. The molecule has 10 heteroatoms. The first-order valence-corrected chi connectivity index (χ1v) is 10.4. The SMILES string of the molecule is CCOC(=O)c1cn(C2CC2)c2c(F)c(N3CCN(C)CC3)c(C)c([N+](=O)[O-])c2c1=O. The minimum absolute atomic E-state index is 0.0531. The number of aromatic nitrogens is 1. The molecule has 1 saturated carbocycles. The van der Waals surface area contributed by atoms with E-state index in [1.807, 2.05) is 7.05 Å². The number of carbonyl (C=O) groups is 1. The average molecular weight is 432 g/mol. The largest absolute Gasteiger partial charge is 0.462 e. The molecule has 1 aromatic heterocycles. The zero-order valence-corrected chi connectivity index (χ0v) is 17.8. The number of hydrogen-bond donors (Lipinski definition) is 0. The monoisotopic (exact) mass is 432 g/mol. The molecule has 0 N–H and O–H groups in total. The molecule has 1 aliphatic carbocycles. The number of nitrogens with zero attached hydrogens (tertiary/aromatic N) is 4. The maximum absolute atomic E-state index is 16.0. The Balaban J connectivity index is 2.07. The number of ether oxygens (including phenoxy) is 1. The number of carbonyl (C=O) groups excluding carboxylic acids is 1. The van der Waals surface area contributed by atoms with Crippen LogP contribution in [-0.2, 0) is 4.74 Å². The van der Waals surface area contributed by atoms with Crippen LogP contribution in [0, 0.1) is 22.9 Å². The zero-order chi connectivity index (χ0) is 22.4. The van der Waals surface area contributed by atoms with E-state index in [1.165, 1.54) is 17.7 Å². The molecule has 0 unspecified atom stereocenters. The predicted octanol–water partition coefficient (Wildman–Crippen LogP) is 2.62. The first-order valence-electron chi connectivity index (χ1n) is 10.4. The minimum atomic E-state index is -0.871. The molecule has 1 aliphatic heterocycles. The number of nitro benzene ring substituents is 1. The second kappa shape index (κ2) is 7.92. The van der Waals surface area contributed by atoms with Gasteiger partial charge in [-0.1, -0.05) is 0 Å². The lowest BCUT2D eigenvalue weighted by molar-refractivity contribution is -0.383. The van der Waals surface area contributed by atoms with Gasteiger partial charge in [-0.3, -0.25) is 14.9 Å². The van der Waals surface area contributed by atoms with Crippen molar-refractivity contribution in [3.8, 4) is 0 Å². The van der Waals surface area contributed by atoms with E-state index in [4.69, 9.17) is 4.74 Å². The highest BCUT2D eigenvalue weighted by atomic mass is 19.1. The van der Waals surface area contributed by atoms with Gasteiger partial charge in [0.1, 0.15) is 10.9 Å². The molecule has 9 nitrogen and oxygen atoms in total. The molecule has 2 aromatic rings. The fourth-order valence-corrected chi connectivity index (χ4v) is 4.28. The highest BCUT2D eigenvalue weighted by molar-refractivity contribution is 6.00. The maximum Gasteiger partial charge on any atom is 0.343 e. The van der Waals surface area contributed by atoms with Crippen LogP contribution in [-0.4, -0.2) is 60.2 Å². The predicted molar refractivity (Wildman–Crippen MR) is 113 cm³/mol. The molecule has 0 amide bonds. The average Bonchev–Trinajstić information content (AvgIpc) is 3.55. The van der Waals surface area contributed by atoms with E-state index in [9.17, 15) is 19.7 Å². The summed E-state index contributed by atoms with van der Waals surface area (Å²) < 4.78 is 22.5. The van der Waals surface area contributed by atoms with Crippen LogP contribution in [0.1, 0.15) is 41.7 Å². The number of pyridine rings is 1. The van der Waals surface area contributed by atoms with Gasteiger partial charge in [-0.15, -0.1) is 0 Å². The van der Waals surface area contributed by atoms with Gasteiger partial charge in [0.2, 0.25) is 5.43 Å². The van der Waals surface area contributed by atoms with Crippen LogP contribution in [0.5, 0.6) is 0 Å². The van der Waals surface area contributed by atoms with Gasteiger partial charge >= 0.3 is 5.97 Å². The van der Waals surface area contributed by atoms with E-state index < -0.39 is 27.8 Å². The van der Waals surface area contributed by atoms with Crippen molar-refractivity contribution in [2.75, 3.05) is 44.7 Å². The van der Waals surface area contributed by atoms with Crippen molar-refractivity contribution in [3.63, 3.8) is 0 Å². The Morgan fingerprint density at radius 2 is 1.94 bits per heavy atom. The van der Waals surface area contributed by atoms with Crippen LogP contribution in [0.2, 0.25) is 0 Å². The van der Waals surface area contributed by atoms with Crippen molar-refractivity contribution >= 4 is 28.2 Å². The molecular formula is C21H25FN4O5. The Bertz CT molecular complexity index is 1130. The van der Waals surface area contributed by atoms with E-state index in [1.54, 1.807) is 11.8 Å². The molecule has 0 bridgehead atoms. The summed E-state index contributed by atoms with van der Waals surface area (Å²) in [5, 5.41) is 11.7. The minimum Gasteiger partial charge on any atom is -0.462 e. The highest BCUT2D eigenvalue weighted by Gasteiger charge is 2.36. The van der Waals surface area contributed by atoms with Gasteiger partial charge in [-0.05, 0) is 33.7 Å². The van der Waals surface area contributed by atoms with Crippen LogP contribution in [0.25, 0.3) is 10.9 Å². The summed E-state index contributed by atoms with van der Waals surface area (Å²) in [6, 6.07) is -0.117. The van der Waals surface area contributed by atoms with Gasteiger partial charge in [0.25, 0.3) is 5.69 Å². The number of fused-ring (bicyclic) bond motifs is 1. The van der Waals surface area contributed by atoms with Gasteiger partial charge in [-0.25, -0.2) is 9.18 Å². The summed E-state index contributed by atoms with van der Waals surface area (Å²) in [7, 11) is 1.96. The zero-order valence-electron chi connectivity index (χ0n) is 17.8. The van der Waals surface area contributed by atoms with Gasteiger partial charge in [0, 0.05) is 38.4 Å². The van der Waals surface area contributed by atoms with Gasteiger partial charge in [0.05, 0.1) is 28.3 Å². The fraction of sp³-hybridized carbons (Fsp3) is 0.524. The summed E-state index contributed by atoms with van der Waals surface area (Å²) in [5.74, 6) is -1.51. The number of anilines is 1. The van der Waals surface area contributed by atoms with E-state index in [0.29, 0.717) is 26.2 Å². The molecule has 4 rings (SSSR count). The molecule has 166 valence electrons. The van der Waals surface area contributed by atoms with Gasteiger partial charge in [-0.2, -0.15) is 0 Å². The Labute approximate surface area is 178 Å². The number of likely N-dealkylation sites (N-methyl/N-ethyl adjacent to an activating group) is 1. The van der Waals surface area contributed by atoms with E-state index >= 15 is 4.39 Å². The molecule has 1 aromatic carbocycles. The summed E-state index contributed by atoms with van der Waals surface area (Å²) in [6.45, 7) is 5.55. The smallest absolute Gasteiger partial charge is 0.343 e. The second-order valence-electron chi connectivity index (χ2n) is 8.14. The Hall–Kier alpha value is -3.01. The summed E-state index contributed by atoms with van der Waals surface area (Å²) in [6.07, 6.45) is 2.78. The third-order valence-electron chi connectivity index (χ3n) is 6.04. The molecular weight excluding hydrogens is 407 g/mol. The van der Waals surface area contributed by atoms with Crippen LogP contribution in [0.3, 0.4) is 0 Å². The first kappa shape index (κ1) is 21.2. The van der Waals surface area contributed by atoms with E-state index in [-0.39, 0.29) is 40.4 Å². The normalized spacial score (nSPS) is 17.2. The quantitative estimate of drug-likeness (QED) is 0.407. The molecule has 0 atom stereocenters. The molecule has 2 heterocycles. The standard InChI is InChI=1S/C21H25FN4O5/c1-4-31-21(28)14-11-25(13-5-6-13)19-15(20(14)27)17(26(29)30)12(2)18(16(19)22)24-9-7-23(3)8-10-24/h11,13H,4-10H2,1-3H3. The van der Waals surface area contributed by atoms with Crippen molar-refractivity contribution in [2.24, 2.45) is 0 Å². The lowest BCUT2D eigenvalue weighted by Gasteiger charge is -2.35. The number of halogens is 1. The fourth-order valence-electron chi connectivity index (χ4n) is 4.28. The van der Waals surface area contributed by atoms with E-state index in [2.05, 4.69) is 4.90 Å². The number of nitro groups is 1. The van der Waals surface area contributed by atoms with Crippen molar-refractivity contribution in [1.29, 1.82) is 0 Å². The number of benzene rings is 1. The number of rotatable bonds is 5. The maximum atomic E-state index is 16.0. The molecule has 0 radical (unpaired) electrons. The van der Waals surface area contributed by atoms with Crippen LogP contribution in [0.4, 0.5) is 15.8 Å². The van der Waals surface area contributed by atoms with Crippen molar-refractivity contribution in [1.82, 2.24) is 9.47 Å². The topological polar surface area (TPSA) is 97.9 Å². The lowest BCUT2D eigenvalue weighted by Crippen LogP contribution is -2.45. The van der Waals surface area contributed by atoms with E-state index in [0.717, 1.165) is 12.8 Å². The number of esters is 1. The van der Waals surface area contributed by atoms with Crippen molar-refractivity contribution in [3.05, 3.63) is 43.5 Å². The van der Waals surface area contributed by atoms with Crippen LogP contribution < -0.4 is 10.3 Å². The third-order valence-corrected chi connectivity index (χ3v) is 6.04. The first-order chi connectivity index (χ1) is 14.8. The molecule has 1 saturated heterocycles. The summed E-state index contributed by atoms with van der Waals surface area (Å²) in [4.78, 5) is 40.9. The lowest BCUT2D eigenvalue weighted by atomic mass is 10.0. The van der Waals surface area contributed by atoms with Crippen molar-refractivity contribution in [2.45, 2.75) is 32.7 Å². The summed E-state index contributed by atoms with van der Waals surface area (Å²) in [5.41, 5.74) is -1.48. The Morgan fingerprint density at radius 1 is 1.29 bits per heavy atom. The van der Waals surface area contributed by atoms with Crippen LogP contribution >= 0.6 is 0 Å². The Kier molecular flexibility index (Phi) is 5.42. The molecule has 2 aliphatic rings. The second-order valence-corrected chi connectivity index (χ2v) is 8.14. The van der Waals surface area contributed by atoms with Crippen molar-refractivity contribution < 1.29 is 18.8 Å². The Morgan fingerprint density at radius 3 is 2.48 bits per heavy atom. The molecule has 0 spiro atoms. The third kappa shape index (κ3) is 3.54. The van der Waals surface area contributed by atoms with Crippen LogP contribution in [0.15, 0.2) is 11.0 Å².